The van der Waals surface area contributed by atoms with Crippen molar-refractivity contribution < 1.29 is 9.84 Å². The Morgan fingerprint density at radius 1 is 1.44 bits per heavy atom. The van der Waals surface area contributed by atoms with Crippen LogP contribution in [-0.2, 0) is 4.74 Å². The van der Waals surface area contributed by atoms with Crippen molar-refractivity contribution in [1.82, 2.24) is 5.32 Å². The molecule has 1 fully saturated rings. The molecule has 0 aromatic carbocycles. The second-order valence-corrected chi connectivity index (χ2v) is 5.09. The largest absolute Gasteiger partial charge is 0.389 e. The van der Waals surface area contributed by atoms with Crippen molar-refractivity contribution in [3.05, 3.63) is 0 Å². The third-order valence-corrected chi connectivity index (χ3v) is 3.05. The molecule has 0 radical (unpaired) electrons. The van der Waals surface area contributed by atoms with Crippen molar-refractivity contribution in [2.24, 2.45) is 5.92 Å². The van der Waals surface area contributed by atoms with E-state index in [1.165, 1.54) is 32.1 Å². The van der Waals surface area contributed by atoms with E-state index in [2.05, 4.69) is 19.2 Å². The summed E-state index contributed by atoms with van der Waals surface area (Å²) in [5.74, 6) is 0.781. The van der Waals surface area contributed by atoms with Gasteiger partial charge in [0.2, 0.25) is 0 Å². The molecule has 3 nitrogen and oxygen atoms in total. The fourth-order valence-electron chi connectivity index (χ4n) is 1.66. The standard InChI is InChI=1S/C13H27NO2/c1-3-4-5-11(2)14-8-13(15)10-16-9-12-6-7-12/h11-15H,3-10H2,1-2H3. The summed E-state index contributed by atoms with van der Waals surface area (Å²) in [5.41, 5.74) is 0. The van der Waals surface area contributed by atoms with E-state index in [9.17, 15) is 5.11 Å². The molecule has 0 aromatic heterocycles. The van der Waals surface area contributed by atoms with Gasteiger partial charge in [0.05, 0.1) is 12.7 Å². The topological polar surface area (TPSA) is 41.5 Å². The van der Waals surface area contributed by atoms with Crippen LogP contribution in [0.1, 0.15) is 46.0 Å². The first-order chi connectivity index (χ1) is 7.72. The first-order valence-corrected chi connectivity index (χ1v) is 6.71. The van der Waals surface area contributed by atoms with E-state index in [1.54, 1.807) is 0 Å². The number of hydrogen-bond acceptors (Lipinski definition) is 3. The minimum absolute atomic E-state index is 0.358. The highest BCUT2D eigenvalue weighted by atomic mass is 16.5. The van der Waals surface area contributed by atoms with Crippen molar-refractivity contribution in [3.63, 3.8) is 0 Å². The second kappa shape index (κ2) is 8.04. The van der Waals surface area contributed by atoms with Gasteiger partial charge in [-0.15, -0.1) is 0 Å². The quantitative estimate of drug-likeness (QED) is 0.601. The number of unbranched alkanes of at least 4 members (excludes halogenated alkanes) is 1. The number of ether oxygens (including phenoxy) is 1. The molecule has 0 aromatic rings. The van der Waals surface area contributed by atoms with E-state index >= 15 is 0 Å². The van der Waals surface area contributed by atoms with E-state index in [0.29, 0.717) is 19.2 Å². The summed E-state index contributed by atoms with van der Waals surface area (Å²) in [6.45, 7) is 6.34. The average molecular weight is 229 g/mol. The second-order valence-electron chi connectivity index (χ2n) is 5.09. The summed E-state index contributed by atoms with van der Waals surface area (Å²) in [5, 5.41) is 13.0. The molecule has 1 saturated carbocycles. The maximum atomic E-state index is 9.67. The molecule has 2 atom stereocenters. The van der Waals surface area contributed by atoms with E-state index in [1.807, 2.05) is 0 Å². The molecule has 96 valence electrons. The summed E-state index contributed by atoms with van der Waals surface area (Å²) in [7, 11) is 0. The van der Waals surface area contributed by atoms with Crippen LogP contribution < -0.4 is 5.32 Å². The molecule has 0 aliphatic heterocycles. The zero-order valence-corrected chi connectivity index (χ0v) is 10.7. The predicted octanol–water partition coefficient (Wildman–Crippen LogP) is 1.94. The zero-order valence-electron chi connectivity index (χ0n) is 10.7. The van der Waals surface area contributed by atoms with E-state index in [0.717, 1.165) is 12.5 Å². The molecule has 0 spiro atoms. The molecule has 0 amide bonds. The molecule has 0 saturated heterocycles. The highest BCUT2D eigenvalue weighted by molar-refractivity contribution is 4.72. The first-order valence-electron chi connectivity index (χ1n) is 6.71. The number of nitrogens with one attached hydrogen (secondary N) is 1. The fourth-order valence-corrected chi connectivity index (χ4v) is 1.66. The highest BCUT2D eigenvalue weighted by Gasteiger charge is 2.21. The van der Waals surface area contributed by atoms with Gasteiger partial charge >= 0.3 is 0 Å². The molecule has 1 aliphatic rings. The van der Waals surface area contributed by atoms with Gasteiger partial charge in [-0.2, -0.15) is 0 Å². The van der Waals surface area contributed by atoms with Gasteiger partial charge in [0.1, 0.15) is 0 Å². The molecule has 0 bridgehead atoms. The smallest absolute Gasteiger partial charge is 0.0897 e. The number of hydrogen-bond donors (Lipinski definition) is 2. The van der Waals surface area contributed by atoms with E-state index < -0.39 is 0 Å². The lowest BCUT2D eigenvalue weighted by molar-refractivity contribution is 0.0314. The Balaban J connectivity index is 1.89. The molecule has 1 aliphatic carbocycles. The van der Waals surface area contributed by atoms with E-state index in [4.69, 9.17) is 4.74 Å². The summed E-state index contributed by atoms with van der Waals surface area (Å²) in [4.78, 5) is 0. The maximum absolute atomic E-state index is 9.67. The molecule has 2 N–H and O–H groups in total. The molecule has 1 rings (SSSR count). The minimum Gasteiger partial charge on any atom is -0.389 e. The average Bonchev–Trinajstić information content (AvgIpc) is 3.07. The summed E-state index contributed by atoms with van der Waals surface area (Å²) < 4.78 is 5.44. The lowest BCUT2D eigenvalue weighted by Gasteiger charge is -2.17. The summed E-state index contributed by atoms with van der Waals surface area (Å²) in [6.07, 6.45) is 5.93. The Kier molecular flexibility index (Phi) is 7.01. The normalized spacial score (nSPS) is 19.7. The third kappa shape index (κ3) is 7.20. The van der Waals surface area contributed by atoms with Crippen molar-refractivity contribution in [2.45, 2.75) is 58.1 Å². The van der Waals surface area contributed by atoms with Crippen molar-refractivity contribution in [3.8, 4) is 0 Å². The van der Waals surface area contributed by atoms with Gasteiger partial charge in [-0.05, 0) is 32.1 Å². The van der Waals surface area contributed by atoms with Crippen molar-refractivity contribution in [1.29, 1.82) is 0 Å². The Morgan fingerprint density at radius 2 is 2.19 bits per heavy atom. The van der Waals surface area contributed by atoms with Crippen LogP contribution in [0.2, 0.25) is 0 Å². The van der Waals surface area contributed by atoms with Crippen LogP contribution in [0.25, 0.3) is 0 Å². The third-order valence-electron chi connectivity index (χ3n) is 3.05. The Morgan fingerprint density at radius 3 is 2.81 bits per heavy atom. The van der Waals surface area contributed by atoms with Gasteiger partial charge in [0, 0.05) is 19.2 Å². The molecular weight excluding hydrogens is 202 g/mol. The van der Waals surface area contributed by atoms with Gasteiger partial charge in [-0.3, -0.25) is 0 Å². The summed E-state index contributed by atoms with van der Waals surface area (Å²) in [6, 6.07) is 0.498. The predicted molar refractivity (Wildman–Crippen MR) is 66.5 cm³/mol. The van der Waals surface area contributed by atoms with E-state index in [-0.39, 0.29) is 6.10 Å². The lowest BCUT2D eigenvalue weighted by Crippen LogP contribution is -2.36. The van der Waals surface area contributed by atoms with Gasteiger partial charge < -0.3 is 15.2 Å². The SMILES string of the molecule is CCCCC(C)NCC(O)COCC1CC1. The lowest BCUT2D eigenvalue weighted by atomic mass is 10.1. The molecule has 16 heavy (non-hydrogen) atoms. The van der Waals surface area contributed by atoms with Crippen molar-refractivity contribution >= 4 is 0 Å². The van der Waals surface area contributed by atoms with Crippen LogP contribution in [0.5, 0.6) is 0 Å². The maximum Gasteiger partial charge on any atom is 0.0897 e. The van der Waals surface area contributed by atoms with Gasteiger partial charge in [-0.25, -0.2) is 0 Å². The monoisotopic (exact) mass is 229 g/mol. The van der Waals surface area contributed by atoms with Crippen LogP contribution in [-0.4, -0.2) is 37.0 Å². The van der Waals surface area contributed by atoms with Crippen LogP contribution in [0.3, 0.4) is 0 Å². The number of aliphatic hydroxyl groups is 1. The van der Waals surface area contributed by atoms with Gasteiger partial charge in [0.15, 0.2) is 0 Å². The molecular formula is C13H27NO2. The molecule has 0 heterocycles. The fraction of sp³-hybridized carbons (Fsp3) is 1.00. The van der Waals surface area contributed by atoms with Crippen LogP contribution in [0.15, 0.2) is 0 Å². The van der Waals surface area contributed by atoms with Crippen LogP contribution >= 0.6 is 0 Å². The highest BCUT2D eigenvalue weighted by Crippen LogP contribution is 2.28. The Bertz CT molecular complexity index is 171. The van der Waals surface area contributed by atoms with Gasteiger partial charge in [0.25, 0.3) is 0 Å². The Hall–Kier alpha value is -0.120. The molecule has 2 unspecified atom stereocenters. The van der Waals surface area contributed by atoms with Crippen LogP contribution in [0.4, 0.5) is 0 Å². The number of rotatable bonds is 10. The first kappa shape index (κ1) is 13.9. The zero-order chi connectivity index (χ0) is 11.8. The van der Waals surface area contributed by atoms with Crippen molar-refractivity contribution in [2.75, 3.05) is 19.8 Å². The van der Waals surface area contributed by atoms with Crippen LogP contribution in [0, 0.1) is 5.92 Å². The Labute approximate surface area is 99.6 Å². The summed E-state index contributed by atoms with van der Waals surface area (Å²) >= 11 is 0. The molecule has 3 heteroatoms. The number of aliphatic hydroxyl groups excluding tert-OH is 1. The minimum atomic E-state index is -0.358. The van der Waals surface area contributed by atoms with Gasteiger partial charge in [-0.1, -0.05) is 19.8 Å².